The Hall–Kier alpha value is -0.790. The minimum absolute atomic E-state index is 0.947. The number of aromatic nitrogens is 1. The highest BCUT2D eigenvalue weighted by molar-refractivity contribution is 4.83. The molecule has 2 nitrogen and oxygen atoms in total. The van der Waals surface area contributed by atoms with Crippen molar-refractivity contribution in [2.24, 2.45) is 7.05 Å². The average molecular weight is 98.1 g/mol. The molecule has 0 aliphatic rings. The standard InChI is InChI=1S/C5H8NO/c1-5-3-4-6(2)7-5/h3-4H,1-2H3/q+1. The van der Waals surface area contributed by atoms with E-state index in [1.807, 2.05) is 26.2 Å². The largest absolute Gasteiger partial charge is 0.242 e. The van der Waals surface area contributed by atoms with Crippen molar-refractivity contribution in [3.05, 3.63) is 18.0 Å². The third-order valence-electron chi connectivity index (χ3n) is 0.807. The first-order chi connectivity index (χ1) is 3.29. The molecule has 1 aromatic rings. The van der Waals surface area contributed by atoms with E-state index in [0.717, 1.165) is 5.76 Å². The molecule has 2 heteroatoms. The summed E-state index contributed by atoms with van der Waals surface area (Å²) in [5, 5.41) is 0. The van der Waals surface area contributed by atoms with Crippen LogP contribution in [0.1, 0.15) is 5.76 Å². The molecule has 1 aromatic heterocycles. The molecule has 7 heavy (non-hydrogen) atoms. The minimum Gasteiger partial charge on any atom is -0.242 e. The molecule has 0 saturated carbocycles. The van der Waals surface area contributed by atoms with Crippen LogP contribution in [-0.2, 0) is 7.05 Å². The van der Waals surface area contributed by atoms with Gasteiger partial charge in [-0.2, -0.15) is 0 Å². The summed E-state index contributed by atoms with van der Waals surface area (Å²) in [6.07, 6.45) is 1.87. The normalized spacial score (nSPS) is 9.43. The summed E-state index contributed by atoms with van der Waals surface area (Å²) in [5.41, 5.74) is 0. The van der Waals surface area contributed by atoms with Gasteiger partial charge in [-0.15, -0.1) is 0 Å². The van der Waals surface area contributed by atoms with Crippen molar-refractivity contribution in [2.45, 2.75) is 6.92 Å². The van der Waals surface area contributed by atoms with Crippen LogP contribution in [0.15, 0.2) is 16.8 Å². The highest BCUT2D eigenvalue weighted by Crippen LogP contribution is 1.86. The van der Waals surface area contributed by atoms with Crippen molar-refractivity contribution < 1.29 is 9.26 Å². The van der Waals surface area contributed by atoms with Crippen LogP contribution in [0.4, 0.5) is 0 Å². The number of aryl methyl sites for hydroxylation is 2. The fourth-order valence-electron chi connectivity index (χ4n) is 0.498. The lowest BCUT2D eigenvalue weighted by molar-refractivity contribution is -0.846. The SMILES string of the molecule is Cc1cc[n+](C)o1. The molecule has 0 bridgehead atoms. The molecule has 0 aromatic carbocycles. The number of nitrogens with zero attached hydrogens (tertiary/aromatic N) is 1. The Balaban J connectivity index is 3.04. The highest BCUT2D eigenvalue weighted by Gasteiger charge is 1.93. The Morgan fingerprint density at radius 3 is 2.57 bits per heavy atom. The first-order valence-corrected chi connectivity index (χ1v) is 2.21. The number of hydrogen-bond acceptors (Lipinski definition) is 1. The Labute approximate surface area is 42.3 Å². The molecule has 0 saturated heterocycles. The van der Waals surface area contributed by atoms with Crippen molar-refractivity contribution in [2.75, 3.05) is 0 Å². The van der Waals surface area contributed by atoms with Gasteiger partial charge in [-0.25, -0.2) is 4.52 Å². The summed E-state index contributed by atoms with van der Waals surface area (Å²) < 4.78 is 6.66. The van der Waals surface area contributed by atoms with Crippen LogP contribution in [0.3, 0.4) is 0 Å². The van der Waals surface area contributed by atoms with Gasteiger partial charge >= 0.3 is 0 Å². The quantitative estimate of drug-likeness (QED) is 0.429. The summed E-state index contributed by atoms with van der Waals surface area (Å²) in [6, 6.07) is 1.92. The first-order valence-electron chi connectivity index (χ1n) is 2.21. The van der Waals surface area contributed by atoms with E-state index in [-0.39, 0.29) is 0 Å². The van der Waals surface area contributed by atoms with Crippen LogP contribution >= 0.6 is 0 Å². The van der Waals surface area contributed by atoms with Crippen molar-refractivity contribution in [3.8, 4) is 0 Å². The zero-order valence-electron chi connectivity index (χ0n) is 4.51. The van der Waals surface area contributed by atoms with Gasteiger partial charge < -0.3 is 0 Å². The molecule has 38 valence electrons. The van der Waals surface area contributed by atoms with Gasteiger partial charge in [0.25, 0.3) is 0 Å². The Morgan fingerprint density at radius 1 is 1.71 bits per heavy atom. The second-order valence-electron chi connectivity index (χ2n) is 1.56. The van der Waals surface area contributed by atoms with Gasteiger partial charge in [-0.1, -0.05) is 0 Å². The molecule has 0 fully saturated rings. The average Bonchev–Trinajstić information content (AvgIpc) is 1.87. The van der Waals surface area contributed by atoms with Crippen LogP contribution in [0.25, 0.3) is 0 Å². The van der Waals surface area contributed by atoms with Crippen molar-refractivity contribution >= 4 is 0 Å². The van der Waals surface area contributed by atoms with Crippen LogP contribution in [0.2, 0.25) is 0 Å². The number of rotatable bonds is 0. The van der Waals surface area contributed by atoms with Gasteiger partial charge in [0, 0.05) is 6.92 Å². The topological polar surface area (TPSA) is 17.0 Å². The molecule has 0 spiro atoms. The molecular formula is C5H8NO+. The van der Waals surface area contributed by atoms with Gasteiger partial charge in [-0.3, -0.25) is 0 Å². The molecule has 1 heterocycles. The molecule has 0 amide bonds. The predicted molar refractivity (Wildman–Crippen MR) is 24.6 cm³/mol. The maximum atomic E-state index is 5.00. The first kappa shape index (κ1) is 4.37. The zero-order valence-corrected chi connectivity index (χ0v) is 4.51. The fourth-order valence-corrected chi connectivity index (χ4v) is 0.498. The Morgan fingerprint density at radius 2 is 2.43 bits per heavy atom. The predicted octanol–water partition coefficient (Wildman–Crippen LogP) is 0.413. The fraction of sp³-hybridized carbons (Fsp3) is 0.400. The second-order valence-corrected chi connectivity index (χ2v) is 1.56. The number of hydrogen-bond donors (Lipinski definition) is 0. The smallest absolute Gasteiger partial charge is 0.219 e. The van der Waals surface area contributed by atoms with E-state index in [1.54, 1.807) is 4.74 Å². The highest BCUT2D eigenvalue weighted by atomic mass is 16.5. The van der Waals surface area contributed by atoms with Crippen molar-refractivity contribution in [1.82, 2.24) is 0 Å². The Bertz CT molecular complexity index is 140. The van der Waals surface area contributed by atoms with E-state index < -0.39 is 0 Å². The van der Waals surface area contributed by atoms with Crippen molar-refractivity contribution in [1.29, 1.82) is 0 Å². The maximum absolute atomic E-state index is 5.00. The summed E-state index contributed by atoms with van der Waals surface area (Å²) in [4.78, 5) is 0. The molecule has 0 radical (unpaired) electrons. The zero-order chi connectivity index (χ0) is 5.28. The molecule has 0 unspecified atom stereocenters. The summed E-state index contributed by atoms with van der Waals surface area (Å²) >= 11 is 0. The molecule has 0 aliphatic heterocycles. The third kappa shape index (κ3) is 0.796. The lowest BCUT2D eigenvalue weighted by Crippen LogP contribution is -2.22. The molecular weight excluding hydrogens is 90.1 g/mol. The molecule has 0 atom stereocenters. The molecule has 0 N–H and O–H groups in total. The molecule has 1 rings (SSSR count). The monoisotopic (exact) mass is 98.1 g/mol. The van der Waals surface area contributed by atoms with Gasteiger partial charge in [0.15, 0.2) is 12.8 Å². The van der Waals surface area contributed by atoms with Crippen LogP contribution in [0.5, 0.6) is 0 Å². The summed E-state index contributed by atoms with van der Waals surface area (Å²) in [5.74, 6) is 0.947. The van der Waals surface area contributed by atoms with E-state index in [0.29, 0.717) is 0 Å². The van der Waals surface area contributed by atoms with E-state index in [2.05, 4.69) is 0 Å². The second kappa shape index (κ2) is 1.37. The van der Waals surface area contributed by atoms with Gasteiger partial charge in [0.1, 0.15) is 0 Å². The van der Waals surface area contributed by atoms with Crippen LogP contribution < -0.4 is 4.74 Å². The van der Waals surface area contributed by atoms with Gasteiger partial charge in [0.2, 0.25) is 6.20 Å². The summed E-state index contributed by atoms with van der Waals surface area (Å²) in [6.45, 7) is 1.92. The van der Waals surface area contributed by atoms with E-state index in [4.69, 9.17) is 4.52 Å². The van der Waals surface area contributed by atoms with Gasteiger partial charge in [0.05, 0.1) is 6.07 Å². The van der Waals surface area contributed by atoms with Crippen LogP contribution in [-0.4, -0.2) is 0 Å². The third-order valence-corrected chi connectivity index (χ3v) is 0.807. The van der Waals surface area contributed by atoms with Crippen LogP contribution in [0, 0.1) is 6.92 Å². The van der Waals surface area contributed by atoms with Crippen molar-refractivity contribution in [3.63, 3.8) is 0 Å². The van der Waals surface area contributed by atoms with E-state index in [1.165, 1.54) is 0 Å². The maximum Gasteiger partial charge on any atom is 0.219 e. The Kier molecular flexibility index (Phi) is 0.855. The molecule has 0 aliphatic carbocycles. The lowest BCUT2D eigenvalue weighted by Gasteiger charge is -1.68. The lowest BCUT2D eigenvalue weighted by atomic mass is 10.5. The minimum atomic E-state index is 0.947. The van der Waals surface area contributed by atoms with Gasteiger partial charge in [-0.05, 0) is 4.74 Å². The summed E-state index contributed by atoms with van der Waals surface area (Å²) in [7, 11) is 1.85. The van der Waals surface area contributed by atoms with E-state index in [9.17, 15) is 0 Å². The van der Waals surface area contributed by atoms with E-state index >= 15 is 0 Å².